The lowest BCUT2D eigenvalue weighted by Crippen LogP contribution is -2.50. The largest absolute Gasteiger partial charge is 0.310 e. The summed E-state index contributed by atoms with van der Waals surface area (Å²) in [5.41, 5.74) is 0. The molecule has 5 heteroatoms. The van der Waals surface area contributed by atoms with Crippen molar-refractivity contribution < 1.29 is 13.3 Å². The molecule has 8 heavy (non-hydrogen) atoms. The Hall–Kier alpha value is 0.570. The van der Waals surface area contributed by atoms with Gasteiger partial charge in [0.05, 0.1) is 13.1 Å². The Balaban J connectivity index is 2.03. The fourth-order valence-electron chi connectivity index (χ4n) is 0.524. The van der Waals surface area contributed by atoms with Crippen molar-refractivity contribution in [1.29, 1.82) is 0 Å². The van der Waals surface area contributed by atoms with Crippen LogP contribution in [0.5, 0.6) is 0 Å². The minimum atomic E-state index is 0.225. The highest BCUT2D eigenvalue weighted by Crippen LogP contribution is 2.12. The van der Waals surface area contributed by atoms with E-state index in [0.29, 0.717) is 13.1 Å². The summed E-state index contributed by atoms with van der Waals surface area (Å²) in [6, 6.07) is 0. The van der Waals surface area contributed by atoms with Crippen LogP contribution in [0.3, 0.4) is 0 Å². The highest BCUT2D eigenvalue weighted by atomic mass is 127. The topological polar surface area (TPSA) is 41.9 Å². The van der Waals surface area contributed by atoms with Crippen LogP contribution in [0.2, 0.25) is 0 Å². The second-order valence-electron chi connectivity index (χ2n) is 1.64. The van der Waals surface area contributed by atoms with Crippen LogP contribution in [0, 0.1) is 0 Å². The SMILES string of the molecule is OON1CC(OI)C1. The molecule has 1 rings (SSSR count). The normalized spacial score (nSPS) is 23.2. The third-order valence-electron chi connectivity index (χ3n) is 1.06. The highest BCUT2D eigenvalue weighted by Gasteiger charge is 2.27. The molecular formula is C3H6INO3. The molecule has 0 aromatic rings. The summed E-state index contributed by atoms with van der Waals surface area (Å²) >= 11 is 1.83. The molecule has 1 aliphatic heterocycles. The first kappa shape index (κ1) is 6.69. The number of hydroxylamine groups is 2. The molecule has 1 aliphatic rings. The van der Waals surface area contributed by atoms with E-state index in [4.69, 9.17) is 8.32 Å². The molecule has 48 valence electrons. The van der Waals surface area contributed by atoms with Crippen molar-refractivity contribution in [2.24, 2.45) is 0 Å². The van der Waals surface area contributed by atoms with Gasteiger partial charge in [-0.3, -0.25) is 0 Å². The molecule has 0 amide bonds. The summed E-state index contributed by atoms with van der Waals surface area (Å²) in [6.45, 7) is 1.30. The van der Waals surface area contributed by atoms with Crippen LogP contribution in [0.15, 0.2) is 0 Å². The molecule has 1 N–H and O–H groups in total. The molecule has 0 bridgehead atoms. The van der Waals surface area contributed by atoms with Crippen molar-refractivity contribution in [1.82, 2.24) is 5.06 Å². The number of rotatable bonds is 2. The van der Waals surface area contributed by atoms with Gasteiger partial charge in [-0.15, -0.1) is 4.99 Å². The molecule has 0 aliphatic carbocycles. The highest BCUT2D eigenvalue weighted by molar-refractivity contribution is 14.1. The maximum Gasteiger partial charge on any atom is 0.110 e. The zero-order valence-corrected chi connectivity index (χ0v) is 6.24. The number of hydrogen-bond acceptors (Lipinski definition) is 4. The van der Waals surface area contributed by atoms with Gasteiger partial charge in [-0.25, -0.2) is 5.26 Å². The van der Waals surface area contributed by atoms with Crippen LogP contribution < -0.4 is 0 Å². The van der Waals surface area contributed by atoms with Gasteiger partial charge in [0.1, 0.15) is 29.1 Å². The standard InChI is InChI=1S/C3H6INO3/c4-7-3-1-5(2-3)8-6/h3,6H,1-2H2. The molecule has 0 spiro atoms. The van der Waals surface area contributed by atoms with Gasteiger partial charge in [-0.05, 0) is 0 Å². The predicted octanol–water partition coefficient (Wildman–Crippen LogP) is 0.442. The van der Waals surface area contributed by atoms with Crippen molar-refractivity contribution in [3.05, 3.63) is 0 Å². The van der Waals surface area contributed by atoms with E-state index in [1.807, 2.05) is 23.0 Å². The third-order valence-corrected chi connectivity index (χ3v) is 1.78. The first-order valence-electron chi connectivity index (χ1n) is 2.20. The summed E-state index contributed by atoms with van der Waals surface area (Å²) in [5.74, 6) is 0. The molecular weight excluding hydrogens is 225 g/mol. The summed E-state index contributed by atoms with van der Waals surface area (Å²) < 4.78 is 4.86. The molecule has 0 aromatic heterocycles. The van der Waals surface area contributed by atoms with E-state index < -0.39 is 0 Å². The Bertz CT molecular complexity index is 66.9. The average molecular weight is 231 g/mol. The van der Waals surface area contributed by atoms with Crippen molar-refractivity contribution in [2.75, 3.05) is 13.1 Å². The second-order valence-corrected chi connectivity index (χ2v) is 2.15. The van der Waals surface area contributed by atoms with Gasteiger partial charge in [0.15, 0.2) is 0 Å². The lowest BCUT2D eigenvalue weighted by molar-refractivity contribution is -0.422. The van der Waals surface area contributed by atoms with Crippen LogP contribution in [0.1, 0.15) is 0 Å². The van der Waals surface area contributed by atoms with E-state index in [2.05, 4.69) is 4.99 Å². The molecule has 0 saturated carbocycles. The molecule has 0 atom stereocenters. The third kappa shape index (κ3) is 1.29. The Kier molecular flexibility index (Phi) is 2.44. The lowest BCUT2D eigenvalue weighted by Gasteiger charge is -2.32. The van der Waals surface area contributed by atoms with Gasteiger partial charge in [-0.1, -0.05) is 0 Å². The fourth-order valence-corrected chi connectivity index (χ4v) is 0.845. The quantitative estimate of drug-likeness (QED) is 0.425. The first-order chi connectivity index (χ1) is 3.86. The van der Waals surface area contributed by atoms with Crippen molar-refractivity contribution in [2.45, 2.75) is 6.10 Å². The minimum Gasteiger partial charge on any atom is -0.310 e. The molecule has 4 nitrogen and oxygen atoms in total. The number of nitrogens with zero attached hydrogens (tertiary/aromatic N) is 1. The van der Waals surface area contributed by atoms with Crippen LogP contribution in [0.4, 0.5) is 0 Å². The minimum absolute atomic E-state index is 0.225. The van der Waals surface area contributed by atoms with Crippen molar-refractivity contribution >= 4 is 23.0 Å². The zero-order valence-electron chi connectivity index (χ0n) is 4.08. The van der Waals surface area contributed by atoms with Gasteiger partial charge in [0, 0.05) is 0 Å². The molecule has 1 fully saturated rings. The van der Waals surface area contributed by atoms with E-state index in [0.717, 1.165) is 0 Å². The molecule has 1 saturated heterocycles. The van der Waals surface area contributed by atoms with E-state index in [1.54, 1.807) is 0 Å². The number of halogens is 1. The van der Waals surface area contributed by atoms with Gasteiger partial charge in [0.2, 0.25) is 0 Å². The van der Waals surface area contributed by atoms with E-state index >= 15 is 0 Å². The van der Waals surface area contributed by atoms with Crippen LogP contribution in [0.25, 0.3) is 0 Å². The predicted molar refractivity (Wildman–Crippen MR) is 34.2 cm³/mol. The number of hydrogen-bond donors (Lipinski definition) is 1. The maximum absolute atomic E-state index is 7.97. The Morgan fingerprint density at radius 1 is 1.62 bits per heavy atom. The van der Waals surface area contributed by atoms with Crippen LogP contribution in [-0.2, 0) is 8.05 Å². The summed E-state index contributed by atoms with van der Waals surface area (Å²) in [7, 11) is 0. The Morgan fingerprint density at radius 2 is 2.25 bits per heavy atom. The van der Waals surface area contributed by atoms with Gasteiger partial charge in [-0.2, -0.15) is 5.06 Å². The van der Waals surface area contributed by atoms with Crippen LogP contribution >= 0.6 is 23.0 Å². The first-order valence-corrected chi connectivity index (χ1v) is 3.08. The zero-order chi connectivity index (χ0) is 5.98. The van der Waals surface area contributed by atoms with Crippen molar-refractivity contribution in [3.63, 3.8) is 0 Å². The fraction of sp³-hybridized carbons (Fsp3) is 1.00. The smallest absolute Gasteiger partial charge is 0.110 e. The van der Waals surface area contributed by atoms with Gasteiger partial charge >= 0.3 is 0 Å². The molecule has 0 unspecified atom stereocenters. The van der Waals surface area contributed by atoms with Crippen LogP contribution in [-0.4, -0.2) is 29.5 Å². The molecule has 1 heterocycles. The van der Waals surface area contributed by atoms with E-state index in [9.17, 15) is 0 Å². The lowest BCUT2D eigenvalue weighted by atomic mass is 10.2. The van der Waals surface area contributed by atoms with E-state index in [-0.39, 0.29) is 6.10 Å². The van der Waals surface area contributed by atoms with Crippen molar-refractivity contribution in [3.8, 4) is 0 Å². The monoisotopic (exact) mass is 231 g/mol. The molecule has 0 aromatic carbocycles. The summed E-state index contributed by atoms with van der Waals surface area (Å²) in [6.07, 6.45) is 0.225. The van der Waals surface area contributed by atoms with Gasteiger partial charge < -0.3 is 3.07 Å². The Morgan fingerprint density at radius 3 is 2.62 bits per heavy atom. The average Bonchev–Trinajstić information content (AvgIpc) is 1.65. The second kappa shape index (κ2) is 2.92. The van der Waals surface area contributed by atoms with E-state index in [1.165, 1.54) is 5.06 Å². The summed E-state index contributed by atoms with van der Waals surface area (Å²) in [4.78, 5) is 3.87. The summed E-state index contributed by atoms with van der Waals surface area (Å²) in [5, 5.41) is 9.37. The van der Waals surface area contributed by atoms with Gasteiger partial charge in [0.25, 0.3) is 0 Å². The molecule has 0 radical (unpaired) electrons. The maximum atomic E-state index is 7.97. The Labute approximate surface area is 60.9 Å².